The predicted molar refractivity (Wildman–Crippen MR) is 135 cm³/mol. The predicted octanol–water partition coefficient (Wildman–Crippen LogP) is 4.83. The summed E-state index contributed by atoms with van der Waals surface area (Å²) in [6.45, 7) is 5.35. The Kier molecular flexibility index (Phi) is 5.63. The molecule has 0 spiro atoms. The molecule has 1 saturated heterocycles. The normalized spacial score (nSPS) is 22.8. The van der Waals surface area contributed by atoms with Crippen molar-refractivity contribution in [3.63, 3.8) is 0 Å². The van der Waals surface area contributed by atoms with Gasteiger partial charge in [-0.15, -0.1) is 16.4 Å². The van der Waals surface area contributed by atoms with Crippen LogP contribution in [0.2, 0.25) is 5.02 Å². The number of carbonyl (C=O) groups is 1. The number of amides is 1. The van der Waals surface area contributed by atoms with Gasteiger partial charge in [0, 0.05) is 10.8 Å². The van der Waals surface area contributed by atoms with E-state index in [1.54, 1.807) is 17.7 Å². The van der Waals surface area contributed by atoms with Gasteiger partial charge in [-0.25, -0.2) is 9.97 Å². The number of carbonyl (C=O) groups excluding carboxylic acids is 1. The molecule has 1 N–H and O–H groups in total. The summed E-state index contributed by atoms with van der Waals surface area (Å²) < 4.78 is 10.6. The number of hydrogen-bond donors (Lipinski definition) is 1. The Hall–Kier alpha value is -2.40. The summed E-state index contributed by atoms with van der Waals surface area (Å²) in [5.41, 5.74) is 2.78. The molecule has 1 fully saturated rings. The minimum atomic E-state index is -0.0105. The third-order valence-electron chi connectivity index (χ3n) is 6.71. The van der Waals surface area contributed by atoms with Gasteiger partial charge in [-0.3, -0.25) is 4.79 Å². The summed E-state index contributed by atoms with van der Waals surface area (Å²) in [5, 5.41) is 9.10. The third kappa shape index (κ3) is 3.73. The van der Waals surface area contributed by atoms with E-state index >= 15 is 0 Å². The maximum Gasteiger partial charge on any atom is 0.226 e. The van der Waals surface area contributed by atoms with Crippen LogP contribution in [0, 0.1) is 5.92 Å². The molecule has 0 radical (unpaired) electrons. The van der Waals surface area contributed by atoms with Gasteiger partial charge in [0.25, 0.3) is 0 Å². The molecule has 176 valence electrons. The van der Waals surface area contributed by atoms with Crippen LogP contribution in [-0.2, 0) is 22.4 Å². The van der Waals surface area contributed by atoms with Crippen molar-refractivity contribution in [1.29, 1.82) is 0 Å². The number of nitrogens with zero attached hydrogens (tertiary/aromatic N) is 5. The molecule has 4 heterocycles. The van der Waals surface area contributed by atoms with Gasteiger partial charge in [-0.2, -0.15) is 0 Å². The van der Waals surface area contributed by atoms with Crippen LogP contribution in [0.3, 0.4) is 0 Å². The maximum atomic E-state index is 13.4. The van der Waals surface area contributed by atoms with Gasteiger partial charge in [0.15, 0.2) is 0 Å². The van der Waals surface area contributed by atoms with Crippen LogP contribution in [0.4, 0.5) is 11.5 Å². The number of hydrogen-bond acceptors (Lipinski definition) is 9. The highest BCUT2D eigenvalue weighted by Crippen LogP contribution is 2.42. The highest BCUT2D eigenvalue weighted by molar-refractivity contribution is 7.19. The first-order valence-corrected chi connectivity index (χ1v) is 13.3. The molecule has 8 nitrogen and oxygen atoms in total. The second kappa shape index (κ2) is 8.67. The van der Waals surface area contributed by atoms with Crippen LogP contribution in [0.15, 0.2) is 18.5 Å². The zero-order valence-corrected chi connectivity index (χ0v) is 21.1. The van der Waals surface area contributed by atoms with E-state index < -0.39 is 0 Å². The lowest BCUT2D eigenvalue weighted by molar-refractivity contribution is -0.149. The molecule has 0 bridgehead atoms. The molecule has 0 unspecified atom stereocenters. The fraction of sp³-hybridized carbons (Fsp3) is 0.435. The molecule has 2 aliphatic rings. The third-order valence-corrected chi connectivity index (χ3v) is 8.87. The van der Waals surface area contributed by atoms with Gasteiger partial charge < -0.3 is 15.0 Å². The van der Waals surface area contributed by atoms with Crippen LogP contribution in [0.5, 0.6) is 0 Å². The Bertz CT molecular complexity index is 1400. The first-order chi connectivity index (χ1) is 16.5. The lowest BCUT2D eigenvalue weighted by Crippen LogP contribution is -2.54. The van der Waals surface area contributed by atoms with Gasteiger partial charge in [0.1, 0.15) is 22.5 Å². The molecule has 1 aromatic carbocycles. The number of ether oxygens (including phenoxy) is 1. The van der Waals surface area contributed by atoms with E-state index in [4.69, 9.17) is 16.3 Å². The number of fused-ring (bicyclic) bond motifs is 4. The minimum Gasteiger partial charge on any atom is -0.377 e. The van der Waals surface area contributed by atoms with Gasteiger partial charge in [0.2, 0.25) is 5.91 Å². The van der Waals surface area contributed by atoms with Crippen molar-refractivity contribution < 1.29 is 9.53 Å². The summed E-state index contributed by atoms with van der Waals surface area (Å²) in [5.74, 6) is 0.971. The molecule has 34 heavy (non-hydrogen) atoms. The molecular weight excluding hydrogens is 492 g/mol. The average Bonchev–Trinajstić information content (AvgIpc) is 3.42. The van der Waals surface area contributed by atoms with E-state index in [9.17, 15) is 4.79 Å². The van der Waals surface area contributed by atoms with Crippen molar-refractivity contribution in [3.8, 4) is 0 Å². The van der Waals surface area contributed by atoms with Gasteiger partial charge in [0.05, 0.1) is 46.1 Å². The molecule has 4 aromatic rings. The molecule has 3 atom stereocenters. The lowest BCUT2D eigenvalue weighted by Gasteiger charge is -2.41. The second-order valence-electron chi connectivity index (χ2n) is 9.02. The van der Waals surface area contributed by atoms with E-state index in [1.165, 1.54) is 22.0 Å². The Morgan fingerprint density at radius 1 is 1.24 bits per heavy atom. The van der Waals surface area contributed by atoms with Crippen molar-refractivity contribution in [3.05, 3.63) is 33.9 Å². The van der Waals surface area contributed by atoms with Crippen LogP contribution in [0.1, 0.15) is 30.7 Å². The quantitative estimate of drug-likeness (QED) is 0.418. The van der Waals surface area contributed by atoms with E-state index in [1.807, 2.05) is 17.0 Å². The average molecular weight is 515 g/mol. The Balaban J connectivity index is 1.31. The molecule has 1 amide bonds. The summed E-state index contributed by atoms with van der Waals surface area (Å²) in [6, 6.07) is 3.98. The van der Waals surface area contributed by atoms with Crippen molar-refractivity contribution in [1.82, 2.24) is 24.5 Å². The van der Waals surface area contributed by atoms with Crippen LogP contribution < -0.4 is 5.32 Å². The molecule has 1 aliphatic heterocycles. The Morgan fingerprint density at radius 2 is 2.06 bits per heavy atom. The van der Waals surface area contributed by atoms with Crippen molar-refractivity contribution >= 4 is 72.3 Å². The topological polar surface area (TPSA) is 93.1 Å². The number of aromatic nitrogens is 4. The van der Waals surface area contributed by atoms with Crippen LogP contribution in [-0.4, -0.2) is 55.7 Å². The molecule has 1 aliphatic carbocycles. The molecule has 6 rings (SSSR count). The second-order valence-corrected chi connectivity index (χ2v) is 11.3. The van der Waals surface area contributed by atoms with E-state index in [0.29, 0.717) is 18.2 Å². The first-order valence-electron chi connectivity index (χ1n) is 11.3. The van der Waals surface area contributed by atoms with E-state index in [0.717, 1.165) is 51.2 Å². The number of aryl methyl sites for hydroxylation is 1. The van der Waals surface area contributed by atoms with E-state index in [2.05, 4.69) is 38.7 Å². The van der Waals surface area contributed by atoms with Gasteiger partial charge in [-0.05, 0) is 62.3 Å². The molecular formula is C23H23ClN6O2S2. The fourth-order valence-corrected chi connectivity index (χ4v) is 7.14. The minimum absolute atomic E-state index is 0.0105. The summed E-state index contributed by atoms with van der Waals surface area (Å²) in [6.07, 6.45) is 3.96. The Labute approximate surface area is 209 Å². The highest BCUT2D eigenvalue weighted by atomic mass is 35.5. The highest BCUT2D eigenvalue weighted by Gasteiger charge is 2.36. The number of anilines is 2. The summed E-state index contributed by atoms with van der Waals surface area (Å²) in [4.78, 5) is 26.7. The number of halogens is 1. The van der Waals surface area contributed by atoms with Crippen molar-refractivity contribution in [2.24, 2.45) is 5.92 Å². The largest absolute Gasteiger partial charge is 0.377 e. The maximum absolute atomic E-state index is 13.4. The van der Waals surface area contributed by atoms with Crippen molar-refractivity contribution in [2.45, 2.75) is 45.2 Å². The zero-order chi connectivity index (χ0) is 23.4. The van der Waals surface area contributed by atoms with Crippen molar-refractivity contribution in [2.75, 3.05) is 18.5 Å². The lowest BCUT2D eigenvalue weighted by atomic mass is 9.86. The summed E-state index contributed by atoms with van der Waals surface area (Å²) >= 11 is 9.51. The Morgan fingerprint density at radius 3 is 2.88 bits per heavy atom. The molecule has 3 aromatic heterocycles. The number of thiophene rings is 1. The number of nitrogens with one attached hydrogen (secondary N) is 1. The fourth-order valence-electron chi connectivity index (χ4n) is 5.09. The zero-order valence-electron chi connectivity index (χ0n) is 18.7. The van der Waals surface area contributed by atoms with Crippen LogP contribution in [0.25, 0.3) is 20.4 Å². The standard InChI is InChI=1S/C23H23ClN6O2S2/c1-11-8-32-9-12(2)30(11)23(31)13-3-4-14-18(5-13)33-22-20(14)21(25-10-26-22)27-16-7-19-17(6-15(16)24)28-29-34-19/h6-7,10-13H,3-5,8-9H2,1-2H3,(H,25,26,27)/t11-,12-,13+/m1/s1. The number of benzene rings is 1. The molecule has 0 saturated carbocycles. The number of rotatable bonds is 3. The molecule has 11 heteroatoms. The van der Waals surface area contributed by atoms with Gasteiger partial charge in [-0.1, -0.05) is 16.1 Å². The number of morpholine rings is 1. The summed E-state index contributed by atoms with van der Waals surface area (Å²) in [7, 11) is 0. The monoisotopic (exact) mass is 514 g/mol. The van der Waals surface area contributed by atoms with Gasteiger partial charge >= 0.3 is 0 Å². The smallest absolute Gasteiger partial charge is 0.226 e. The SMILES string of the molecule is C[C@@H]1COC[C@@H](C)N1C(=O)[C@H]1CCc2c(sc3ncnc(Nc4cc5snnc5cc4Cl)c23)C1. The van der Waals surface area contributed by atoms with E-state index in [-0.39, 0.29) is 23.9 Å². The first kappa shape index (κ1) is 22.1. The van der Waals surface area contributed by atoms with Crippen LogP contribution >= 0.6 is 34.5 Å².